The van der Waals surface area contributed by atoms with E-state index in [4.69, 9.17) is 4.79 Å². The monoisotopic (exact) mass is 386 g/mol. The maximum atomic E-state index is 13.5. The summed E-state index contributed by atoms with van der Waals surface area (Å²) in [6.45, 7) is 4.51. The lowest BCUT2D eigenvalue weighted by molar-refractivity contribution is -0.0980. The molecule has 0 radical (unpaired) electrons. The summed E-state index contributed by atoms with van der Waals surface area (Å²) in [5.74, 6) is -1.40. The Labute approximate surface area is 161 Å². The topological polar surface area (TPSA) is 76.8 Å². The average molecular weight is 386 g/mol. The van der Waals surface area contributed by atoms with E-state index in [9.17, 15) is 8.78 Å². The fourth-order valence-electron chi connectivity index (χ4n) is 2.96. The van der Waals surface area contributed by atoms with Crippen molar-refractivity contribution >= 4 is 12.6 Å². The van der Waals surface area contributed by atoms with Crippen molar-refractivity contribution in [2.24, 2.45) is 0 Å². The van der Waals surface area contributed by atoms with E-state index in [1.54, 1.807) is 29.5 Å². The van der Waals surface area contributed by atoms with Crippen molar-refractivity contribution in [3.05, 3.63) is 48.5 Å². The van der Waals surface area contributed by atoms with E-state index < -0.39 is 5.92 Å². The van der Waals surface area contributed by atoms with Gasteiger partial charge < -0.3 is 9.69 Å². The third kappa shape index (κ3) is 4.19. The second-order valence-corrected chi connectivity index (χ2v) is 6.43. The standard InChI is InChI=1S/C18H18F2N6.CH2O/c1-13-2-3-14(23-11-13)15-10-16(25-8-4-18(19,20)5-9-25)24-26(15)17-12-21-6-7-22-17;1-2/h2-3,6-7,10-12H,4-5,8-9H2,1H3;1H2. The molecule has 146 valence electrons. The van der Waals surface area contributed by atoms with E-state index >= 15 is 0 Å². The predicted molar refractivity (Wildman–Crippen MR) is 101 cm³/mol. The molecule has 0 atom stereocenters. The second-order valence-electron chi connectivity index (χ2n) is 6.43. The highest BCUT2D eigenvalue weighted by Crippen LogP contribution is 2.32. The van der Waals surface area contributed by atoms with E-state index in [2.05, 4.69) is 20.1 Å². The molecule has 0 N–H and O–H groups in total. The SMILES string of the molecule is C=O.Cc1ccc(-c2cc(N3CCC(F)(F)CC3)nn2-c2cnccn2)nc1. The number of anilines is 1. The largest absolute Gasteiger partial charge is 0.355 e. The zero-order valence-corrected chi connectivity index (χ0v) is 15.4. The van der Waals surface area contributed by atoms with Crippen LogP contribution in [0.5, 0.6) is 0 Å². The number of alkyl halides is 2. The molecule has 1 fully saturated rings. The van der Waals surface area contributed by atoms with E-state index in [0.717, 1.165) is 17.0 Å². The van der Waals surface area contributed by atoms with Crippen LogP contribution in [0.2, 0.25) is 0 Å². The molecule has 3 aromatic heterocycles. The van der Waals surface area contributed by atoms with E-state index in [-0.39, 0.29) is 25.9 Å². The van der Waals surface area contributed by atoms with Gasteiger partial charge in [0.15, 0.2) is 11.6 Å². The van der Waals surface area contributed by atoms with Crippen molar-refractivity contribution in [3.63, 3.8) is 0 Å². The van der Waals surface area contributed by atoms with Crippen molar-refractivity contribution < 1.29 is 13.6 Å². The first-order valence-electron chi connectivity index (χ1n) is 8.73. The van der Waals surface area contributed by atoms with Crippen LogP contribution in [0.4, 0.5) is 14.6 Å². The highest BCUT2D eigenvalue weighted by molar-refractivity contribution is 5.62. The Morgan fingerprint density at radius 3 is 2.39 bits per heavy atom. The second kappa shape index (κ2) is 8.20. The third-order valence-corrected chi connectivity index (χ3v) is 4.46. The van der Waals surface area contributed by atoms with Crippen LogP contribution in [-0.4, -0.2) is 50.5 Å². The van der Waals surface area contributed by atoms with Crippen molar-refractivity contribution in [3.8, 4) is 17.2 Å². The molecule has 9 heteroatoms. The molecule has 7 nitrogen and oxygen atoms in total. The quantitative estimate of drug-likeness (QED) is 0.689. The molecular formula is C19H20F2N6O. The van der Waals surface area contributed by atoms with Crippen LogP contribution in [-0.2, 0) is 4.79 Å². The minimum atomic E-state index is -2.59. The molecule has 1 aliphatic heterocycles. The molecule has 0 amide bonds. The van der Waals surface area contributed by atoms with Gasteiger partial charge in [0.25, 0.3) is 5.92 Å². The Bertz CT molecular complexity index is 904. The summed E-state index contributed by atoms with van der Waals surface area (Å²) in [5, 5.41) is 4.61. The predicted octanol–water partition coefficient (Wildman–Crippen LogP) is 3.08. The van der Waals surface area contributed by atoms with Gasteiger partial charge in [-0.15, -0.1) is 5.10 Å². The fourth-order valence-corrected chi connectivity index (χ4v) is 2.96. The number of carbonyl (C=O) groups excluding carboxylic acids is 1. The van der Waals surface area contributed by atoms with Gasteiger partial charge in [0.05, 0.1) is 17.6 Å². The highest BCUT2D eigenvalue weighted by atomic mass is 19.3. The zero-order valence-electron chi connectivity index (χ0n) is 15.4. The van der Waals surface area contributed by atoms with Gasteiger partial charge in [-0.1, -0.05) is 6.07 Å². The number of rotatable bonds is 3. The zero-order chi connectivity index (χ0) is 20.1. The highest BCUT2D eigenvalue weighted by Gasteiger charge is 2.35. The van der Waals surface area contributed by atoms with Gasteiger partial charge in [-0.2, -0.15) is 0 Å². The minimum absolute atomic E-state index is 0.164. The normalized spacial score (nSPS) is 15.6. The molecule has 0 spiro atoms. The van der Waals surface area contributed by atoms with Gasteiger partial charge >= 0.3 is 0 Å². The Morgan fingerprint density at radius 1 is 1.04 bits per heavy atom. The number of aryl methyl sites for hydroxylation is 1. The lowest BCUT2D eigenvalue weighted by atomic mass is 10.1. The van der Waals surface area contributed by atoms with Gasteiger partial charge in [-0.05, 0) is 18.6 Å². The molecule has 0 unspecified atom stereocenters. The summed E-state index contributed by atoms with van der Waals surface area (Å²) in [4.78, 5) is 22.7. The summed E-state index contributed by atoms with van der Waals surface area (Å²) >= 11 is 0. The summed E-state index contributed by atoms with van der Waals surface area (Å²) in [6.07, 6.45) is 6.24. The number of nitrogens with zero attached hydrogens (tertiary/aromatic N) is 6. The summed E-state index contributed by atoms with van der Waals surface area (Å²) in [6, 6.07) is 5.75. The van der Waals surface area contributed by atoms with Crippen LogP contribution in [0, 0.1) is 6.92 Å². The van der Waals surface area contributed by atoms with Crippen LogP contribution in [0.15, 0.2) is 43.0 Å². The Morgan fingerprint density at radius 2 is 1.79 bits per heavy atom. The molecule has 0 saturated carbocycles. The average Bonchev–Trinajstić information content (AvgIpc) is 3.16. The number of hydrogen-bond acceptors (Lipinski definition) is 6. The Kier molecular flexibility index (Phi) is 5.72. The molecule has 3 aromatic rings. The van der Waals surface area contributed by atoms with E-state index in [0.29, 0.717) is 11.6 Å². The van der Waals surface area contributed by atoms with Crippen LogP contribution in [0.25, 0.3) is 17.2 Å². The minimum Gasteiger partial charge on any atom is -0.355 e. The number of halogens is 2. The summed E-state index contributed by atoms with van der Waals surface area (Å²) in [5.41, 5.74) is 2.54. The lowest BCUT2D eigenvalue weighted by Gasteiger charge is -2.31. The number of aromatic nitrogens is 5. The van der Waals surface area contributed by atoms with Gasteiger partial charge in [-0.25, -0.2) is 18.4 Å². The maximum absolute atomic E-state index is 13.5. The molecule has 1 aliphatic rings. The van der Waals surface area contributed by atoms with Crippen molar-refractivity contribution in [2.75, 3.05) is 18.0 Å². The van der Waals surface area contributed by atoms with Crippen molar-refractivity contribution in [2.45, 2.75) is 25.7 Å². The van der Waals surface area contributed by atoms with Gasteiger partial charge in [-0.3, -0.25) is 9.97 Å². The van der Waals surface area contributed by atoms with Crippen LogP contribution in [0.3, 0.4) is 0 Å². The number of carbonyl (C=O) groups is 1. The molecule has 1 saturated heterocycles. The fraction of sp³-hybridized carbons (Fsp3) is 0.316. The maximum Gasteiger partial charge on any atom is 0.251 e. The van der Waals surface area contributed by atoms with Gasteiger partial charge in [0.1, 0.15) is 6.79 Å². The molecule has 0 aromatic carbocycles. The first-order valence-corrected chi connectivity index (χ1v) is 8.73. The number of pyridine rings is 1. The molecule has 28 heavy (non-hydrogen) atoms. The smallest absolute Gasteiger partial charge is 0.251 e. The number of piperidine rings is 1. The summed E-state index contributed by atoms with van der Waals surface area (Å²) < 4.78 is 28.6. The van der Waals surface area contributed by atoms with Crippen molar-refractivity contribution in [1.82, 2.24) is 24.7 Å². The Hall–Kier alpha value is -3.23. The van der Waals surface area contributed by atoms with E-state index in [1.165, 1.54) is 0 Å². The molecular weight excluding hydrogens is 366 g/mol. The molecule has 4 rings (SSSR count). The van der Waals surface area contributed by atoms with Gasteiger partial charge in [0.2, 0.25) is 0 Å². The summed E-state index contributed by atoms with van der Waals surface area (Å²) in [7, 11) is 0. The van der Waals surface area contributed by atoms with Crippen LogP contribution < -0.4 is 4.90 Å². The van der Waals surface area contributed by atoms with Gasteiger partial charge in [0, 0.05) is 50.6 Å². The third-order valence-electron chi connectivity index (χ3n) is 4.46. The number of hydrogen-bond donors (Lipinski definition) is 0. The lowest BCUT2D eigenvalue weighted by Crippen LogP contribution is -2.39. The molecule has 0 bridgehead atoms. The van der Waals surface area contributed by atoms with Crippen LogP contribution >= 0.6 is 0 Å². The van der Waals surface area contributed by atoms with E-state index in [1.807, 2.05) is 36.8 Å². The molecule has 4 heterocycles. The van der Waals surface area contributed by atoms with Crippen LogP contribution in [0.1, 0.15) is 18.4 Å². The van der Waals surface area contributed by atoms with Crippen molar-refractivity contribution in [1.29, 1.82) is 0 Å². The first kappa shape index (κ1) is 19.5. The first-order chi connectivity index (χ1) is 13.5. The Balaban J connectivity index is 0.00000109. The molecule has 0 aliphatic carbocycles.